The molecule has 1 unspecified atom stereocenters. The van der Waals surface area contributed by atoms with Gasteiger partial charge in [-0.2, -0.15) is 0 Å². The number of carbonyl (C=O) groups is 2. The van der Waals surface area contributed by atoms with Crippen molar-refractivity contribution < 1.29 is 23.5 Å². The third-order valence-electron chi connectivity index (χ3n) is 4.29. The van der Waals surface area contributed by atoms with Gasteiger partial charge in [-0.15, -0.1) is 0 Å². The quantitative estimate of drug-likeness (QED) is 0.835. The summed E-state index contributed by atoms with van der Waals surface area (Å²) in [6.07, 6.45) is 1.41. The highest BCUT2D eigenvalue weighted by Gasteiger charge is 2.64. The average Bonchev–Trinajstić information content (AvgIpc) is 3.06. The first kappa shape index (κ1) is 17.3. The van der Waals surface area contributed by atoms with E-state index in [1.165, 1.54) is 19.2 Å². The maximum Gasteiger partial charge on any atom is 0.408 e. The maximum absolute atomic E-state index is 13.6. The summed E-state index contributed by atoms with van der Waals surface area (Å²) in [5, 5.41) is 3.33. The monoisotopic (exact) mass is 348 g/mol. The lowest BCUT2D eigenvalue weighted by Crippen LogP contribution is -2.47. The van der Waals surface area contributed by atoms with Crippen LogP contribution in [0.25, 0.3) is 10.9 Å². The number of rotatable bonds is 3. The highest BCUT2D eigenvalue weighted by Crippen LogP contribution is 2.54. The van der Waals surface area contributed by atoms with Gasteiger partial charge in [-0.25, -0.2) is 14.0 Å². The summed E-state index contributed by atoms with van der Waals surface area (Å²) in [5.41, 5.74) is -0.357. The zero-order valence-corrected chi connectivity index (χ0v) is 14.6. The van der Waals surface area contributed by atoms with Crippen LogP contribution in [0.1, 0.15) is 38.7 Å². The van der Waals surface area contributed by atoms with Crippen molar-refractivity contribution in [2.45, 2.75) is 44.2 Å². The molecule has 1 aliphatic carbocycles. The van der Waals surface area contributed by atoms with Gasteiger partial charge in [-0.3, -0.25) is 0 Å². The molecule has 1 aromatic heterocycles. The largest absolute Gasteiger partial charge is 0.467 e. The standard InChI is InChI=1S/C18H21FN2O4/c1-17(2,3)25-16(23)21-18(15(22)24-4)8-13(18)12-9-20-14-6-5-10(19)7-11(12)14/h5-7,9,13,20H,8H2,1-4H3,(H,21,23)/t13-,18?/m0/s1. The molecule has 0 bridgehead atoms. The van der Waals surface area contributed by atoms with Crippen LogP contribution in [-0.4, -0.2) is 35.3 Å². The Morgan fingerprint density at radius 1 is 1.36 bits per heavy atom. The number of esters is 1. The fourth-order valence-corrected chi connectivity index (χ4v) is 3.12. The Labute approximate surface area is 144 Å². The van der Waals surface area contributed by atoms with Crippen LogP contribution in [0.4, 0.5) is 9.18 Å². The molecule has 3 rings (SSSR count). The van der Waals surface area contributed by atoms with Crippen molar-refractivity contribution in [2.24, 2.45) is 0 Å². The summed E-state index contributed by atoms with van der Waals surface area (Å²) in [7, 11) is 1.27. The summed E-state index contributed by atoms with van der Waals surface area (Å²) in [5.74, 6) is -1.23. The van der Waals surface area contributed by atoms with Crippen LogP contribution in [-0.2, 0) is 14.3 Å². The van der Waals surface area contributed by atoms with Gasteiger partial charge in [0.2, 0.25) is 0 Å². The lowest BCUT2D eigenvalue weighted by atomic mass is 10.0. The van der Waals surface area contributed by atoms with Crippen LogP contribution in [0.15, 0.2) is 24.4 Å². The van der Waals surface area contributed by atoms with E-state index in [1.54, 1.807) is 33.0 Å². The zero-order valence-electron chi connectivity index (χ0n) is 14.6. The Kier molecular flexibility index (Phi) is 3.97. The molecule has 2 aromatic rings. The van der Waals surface area contributed by atoms with Gasteiger partial charge in [0.15, 0.2) is 0 Å². The molecule has 0 aliphatic heterocycles. The second kappa shape index (κ2) is 5.75. The molecular formula is C18H21FN2O4. The van der Waals surface area contributed by atoms with Crippen molar-refractivity contribution in [1.29, 1.82) is 0 Å². The molecule has 1 heterocycles. The van der Waals surface area contributed by atoms with Gasteiger partial charge >= 0.3 is 12.1 Å². The lowest BCUT2D eigenvalue weighted by Gasteiger charge is -2.23. The third kappa shape index (κ3) is 3.18. The molecule has 0 saturated heterocycles. The number of carbonyl (C=O) groups excluding carboxylic acids is 2. The number of hydrogen-bond acceptors (Lipinski definition) is 4. The third-order valence-corrected chi connectivity index (χ3v) is 4.29. The Morgan fingerprint density at radius 2 is 2.08 bits per heavy atom. The van der Waals surface area contributed by atoms with Crippen molar-refractivity contribution in [3.63, 3.8) is 0 Å². The number of H-pyrrole nitrogens is 1. The van der Waals surface area contributed by atoms with Gasteiger partial charge in [0.1, 0.15) is 17.0 Å². The number of amides is 1. The van der Waals surface area contributed by atoms with Crippen LogP contribution in [0.2, 0.25) is 0 Å². The summed E-state index contributed by atoms with van der Waals surface area (Å²) in [6.45, 7) is 5.22. The molecule has 2 atom stereocenters. The number of alkyl carbamates (subject to hydrolysis) is 1. The first-order valence-corrected chi connectivity index (χ1v) is 8.02. The van der Waals surface area contributed by atoms with Gasteiger partial charge in [0.25, 0.3) is 0 Å². The van der Waals surface area contributed by atoms with Crippen LogP contribution in [0.5, 0.6) is 0 Å². The Hall–Kier alpha value is -2.57. The van der Waals surface area contributed by atoms with Crippen LogP contribution < -0.4 is 5.32 Å². The first-order valence-electron chi connectivity index (χ1n) is 8.02. The molecule has 1 fully saturated rings. The smallest absolute Gasteiger partial charge is 0.408 e. The number of methoxy groups -OCH3 is 1. The van der Waals surface area contributed by atoms with Crippen molar-refractivity contribution >= 4 is 23.0 Å². The van der Waals surface area contributed by atoms with Crippen molar-refractivity contribution in [1.82, 2.24) is 10.3 Å². The maximum atomic E-state index is 13.6. The van der Waals surface area contributed by atoms with E-state index in [1.807, 2.05) is 0 Å². The van der Waals surface area contributed by atoms with E-state index in [9.17, 15) is 14.0 Å². The lowest BCUT2D eigenvalue weighted by molar-refractivity contribution is -0.144. The minimum Gasteiger partial charge on any atom is -0.467 e. The number of halogens is 1. The van der Waals surface area contributed by atoms with Crippen LogP contribution in [0, 0.1) is 5.82 Å². The molecule has 25 heavy (non-hydrogen) atoms. The van der Waals surface area contributed by atoms with Gasteiger partial charge < -0.3 is 19.8 Å². The van der Waals surface area contributed by atoms with E-state index >= 15 is 0 Å². The molecule has 1 amide bonds. The van der Waals surface area contributed by atoms with Crippen LogP contribution >= 0.6 is 0 Å². The second-order valence-electron chi connectivity index (χ2n) is 7.28. The van der Waals surface area contributed by atoms with E-state index in [4.69, 9.17) is 9.47 Å². The molecule has 6 nitrogen and oxygen atoms in total. The molecule has 1 saturated carbocycles. The number of ether oxygens (including phenoxy) is 2. The number of fused-ring (bicyclic) bond motifs is 1. The van der Waals surface area contributed by atoms with E-state index < -0.39 is 23.2 Å². The molecule has 0 radical (unpaired) electrons. The van der Waals surface area contributed by atoms with Crippen molar-refractivity contribution in [3.8, 4) is 0 Å². The van der Waals surface area contributed by atoms with E-state index in [0.717, 1.165) is 11.1 Å². The summed E-state index contributed by atoms with van der Waals surface area (Å²) < 4.78 is 23.7. The molecule has 7 heteroatoms. The van der Waals surface area contributed by atoms with Crippen LogP contribution in [0.3, 0.4) is 0 Å². The molecule has 134 valence electrons. The van der Waals surface area contributed by atoms with Gasteiger partial charge in [-0.1, -0.05) is 0 Å². The number of aromatic nitrogens is 1. The molecule has 2 N–H and O–H groups in total. The van der Waals surface area contributed by atoms with Gasteiger partial charge in [0, 0.05) is 23.0 Å². The van der Waals surface area contributed by atoms with Gasteiger partial charge in [-0.05, 0) is 51.0 Å². The topological polar surface area (TPSA) is 80.4 Å². The summed E-state index contributed by atoms with van der Waals surface area (Å²) in [6, 6.07) is 4.41. The average molecular weight is 348 g/mol. The Morgan fingerprint density at radius 3 is 2.72 bits per heavy atom. The fraction of sp³-hybridized carbons (Fsp3) is 0.444. The Balaban J connectivity index is 1.90. The normalized spacial score (nSPS) is 22.5. The fourth-order valence-electron chi connectivity index (χ4n) is 3.12. The second-order valence-corrected chi connectivity index (χ2v) is 7.28. The van der Waals surface area contributed by atoms with Gasteiger partial charge in [0.05, 0.1) is 7.11 Å². The molecule has 1 aliphatic rings. The Bertz CT molecular complexity index is 839. The van der Waals surface area contributed by atoms with E-state index in [0.29, 0.717) is 11.8 Å². The zero-order chi connectivity index (χ0) is 18.4. The van der Waals surface area contributed by atoms with Crippen molar-refractivity contribution in [3.05, 3.63) is 35.8 Å². The minimum absolute atomic E-state index is 0.317. The SMILES string of the molecule is COC(=O)C1(NC(=O)OC(C)(C)C)C[C@H]1c1c[nH]c2ccc(F)cc12. The summed E-state index contributed by atoms with van der Waals surface area (Å²) >= 11 is 0. The molecule has 1 aromatic carbocycles. The summed E-state index contributed by atoms with van der Waals surface area (Å²) in [4.78, 5) is 27.5. The highest BCUT2D eigenvalue weighted by atomic mass is 19.1. The predicted molar refractivity (Wildman–Crippen MR) is 89.7 cm³/mol. The highest BCUT2D eigenvalue weighted by molar-refractivity contribution is 5.94. The molecular weight excluding hydrogens is 327 g/mol. The number of nitrogens with one attached hydrogen (secondary N) is 2. The molecule has 0 spiro atoms. The van der Waals surface area contributed by atoms with E-state index in [2.05, 4.69) is 10.3 Å². The van der Waals surface area contributed by atoms with Crippen molar-refractivity contribution in [2.75, 3.05) is 7.11 Å². The predicted octanol–water partition coefficient (Wildman–Crippen LogP) is 3.23. The number of aromatic amines is 1. The van der Waals surface area contributed by atoms with E-state index in [-0.39, 0.29) is 11.7 Å². The number of benzene rings is 1. The first-order chi connectivity index (χ1) is 11.7. The minimum atomic E-state index is -1.20. The number of hydrogen-bond donors (Lipinski definition) is 2.